The molecule has 1 aromatic carbocycles. The number of amides is 2. The zero-order chi connectivity index (χ0) is 16.1. The maximum absolute atomic E-state index is 12.0. The third kappa shape index (κ3) is 3.97. The molecule has 2 rings (SSSR count). The van der Waals surface area contributed by atoms with E-state index in [1.807, 2.05) is 0 Å². The summed E-state index contributed by atoms with van der Waals surface area (Å²) in [4.78, 5) is 35.4. The largest absolute Gasteiger partial charge is 0.493 e. The summed E-state index contributed by atoms with van der Waals surface area (Å²) < 4.78 is 5.43. The summed E-state index contributed by atoms with van der Waals surface area (Å²) in [5, 5.41) is 8.91. The summed E-state index contributed by atoms with van der Waals surface area (Å²) in [6, 6.07) is 6.42. The number of likely N-dealkylation sites (tertiary alicyclic amines) is 1. The molecule has 1 aliphatic rings. The monoisotopic (exact) mass is 306 g/mol. The molecular formula is C15H18N2O5. The molecule has 1 aromatic rings. The Hall–Kier alpha value is -2.57. The van der Waals surface area contributed by atoms with Crippen molar-refractivity contribution in [3.05, 3.63) is 29.8 Å². The van der Waals surface area contributed by atoms with E-state index >= 15 is 0 Å². The molecule has 1 fully saturated rings. The number of carboxylic acid groups (broad SMARTS) is 1. The highest BCUT2D eigenvalue weighted by Crippen LogP contribution is 2.18. The van der Waals surface area contributed by atoms with E-state index in [9.17, 15) is 14.4 Å². The second kappa shape index (κ2) is 6.93. The fourth-order valence-electron chi connectivity index (χ4n) is 2.34. The van der Waals surface area contributed by atoms with E-state index in [0.29, 0.717) is 24.3 Å². The number of hydrogen-bond donors (Lipinski definition) is 2. The van der Waals surface area contributed by atoms with E-state index in [4.69, 9.17) is 15.6 Å². The smallest absolute Gasteiger partial charge is 0.308 e. The Bertz CT molecular complexity index is 587. The first-order valence-electron chi connectivity index (χ1n) is 7.00. The van der Waals surface area contributed by atoms with Crippen LogP contribution in [0.2, 0.25) is 0 Å². The zero-order valence-electron chi connectivity index (χ0n) is 12.0. The van der Waals surface area contributed by atoms with Crippen LogP contribution in [0, 0.1) is 5.92 Å². The highest BCUT2D eigenvalue weighted by Gasteiger charge is 2.30. The van der Waals surface area contributed by atoms with Gasteiger partial charge in [-0.2, -0.15) is 0 Å². The van der Waals surface area contributed by atoms with Crippen molar-refractivity contribution in [1.29, 1.82) is 0 Å². The normalized spacial score (nSPS) is 17.3. The quantitative estimate of drug-likeness (QED) is 0.794. The summed E-state index contributed by atoms with van der Waals surface area (Å²) in [6.07, 6.45) is 0.649. The number of nitrogens with zero attached hydrogens (tertiary/aromatic N) is 1. The van der Waals surface area contributed by atoms with Gasteiger partial charge in [0.1, 0.15) is 5.75 Å². The Balaban J connectivity index is 1.79. The van der Waals surface area contributed by atoms with Crippen molar-refractivity contribution in [2.24, 2.45) is 11.7 Å². The Morgan fingerprint density at radius 3 is 2.77 bits per heavy atom. The number of ether oxygens (including phenoxy) is 1. The van der Waals surface area contributed by atoms with E-state index in [1.165, 1.54) is 6.07 Å². The predicted molar refractivity (Wildman–Crippen MR) is 77.4 cm³/mol. The van der Waals surface area contributed by atoms with Gasteiger partial charge in [0.2, 0.25) is 11.8 Å². The van der Waals surface area contributed by atoms with Crippen LogP contribution >= 0.6 is 0 Å². The molecule has 0 radical (unpaired) electrons. The molecule has 2 amide bonds. The van der Waals surface area contributed by atoms with E-state index in [1.54, 1.807) is 23.1 Å². The standard InChI is InChI=1S/C15H18N2O5/c16-14(19)10-2-1-3-12(8-10)22-7-5-13(18)17-6-4-11(9-17)15(20)21/h1-3,8,11H,4-7,9H2,(H2,16,19)(H,20,21)/t11-/m0/s1. The molecule has 0 spiro atoms. The Morgan fingerprint density at radius 1 is 1.36 bits per heavy atom. The number of primary amides is 1. The number of carbonyl (C=O) groups excluding carboxylic acids is 2. The molecule has 1 atom stereocenters. The molecule has 0 bridgehead atoms. The van der Waals surface area contributed by atoms with E-state index in [-0.39, 0.29) is 25.5 Å². The number of carbonyl (C=O) groups is 3. The fourth-order valence-corrected chi connectivity index (χ4v) is 2.34. The molecule has 118 valence electrons. The van der Waals surface area contributed by atoms with Crippen LogP contribution in [0.4, 0.5) is 0 Å². The van der Waals surface area contributed by atoms with Gasteiger partial charge in [-0.3, -0.25) is 14.4 Å². The molecular weight excluding hydrogens is 288 g/mol. The van der Waals surface area contributed by atoms with Crippen LogP contribution < -0.4 is 10.5 Å². The van der Waals surface area contributed by atoms with E-state index < -0.39 is 17.8 Å². The topological polar surface area (TPSA) is 110 Å². The molecule has 1 saturated heterocycles. The molecule has 22 heavy (non-hydrogen) atoms. The minimum Gasteiger partial charge on any atom is -0.493 e. The SMILES string of the molecule is NC(=O)c1cccc(OCCC(=O)N2CC[C@H](C(=O)O)C2)c1. The summed E-state index contributed by atoms with van der Waals surface area (Å²) >= 11 is 0. The highest BCUT2D eigenvalue weighted by atomic mass is 16.5. The van der Waals surface area contributed by atoms with Gasteiger partial charge in [0.05, 0.1) is 18.9 Å². The number of benzene rings is 1. The van der Waals surface area contributed by atoms with Gasteiger partial charge in [-0.05, 0) is 24.6 Å². The van der Waals surface area contributed by atoms with Crippen LogP contribution in [0.15, 0.2) is 24.3 Å². The van der Waals surface area contributed by atoms with Gasteiger partial charge in [-0.1, -0.05) is 6.07 Å². The first kappa shape index (κ1) is 15.8. The van der Waals surface area contributed by atoms with Gasteiger partial charge in [0.25, 0.3) is 0 Å². The molecule has 0 aliphatic carbocycles. The van der Waals surface area contributed by atoms with Gasteiger partial charge in [-0.25, -0.2) is 0 Å². The molecule has 7 nitrogen and oxygen atoms in total. The van der Waals surface area contributed by atoms with Crippen LogP contribution in [0.25, 0.3) is 0 Å². The van der Waals surface area contributed by atoms with Gasteiger partial charge in [-0.15, -0.1) is 0 Å². The Labute approximate surface area is 127 Å². The number of hydrogen-bond acceptors (Lipinski definition) is 4. The van der Waals surface area contributed by atoms with Crippen LogP contribution in [0.5, 0.6) is 5.75 Å². The lowest BCUT2D eigenvalue weighted by atomic mass is 10.1. The molecule has 0 saturated carbocycles. The average molecular weight is 306 g/mol. The summed E-state index contributed by atoms with van der Waals surface area (Å²) in [6.45, 7) is 0.883. The van der Waals surface area contributed by atoms with Gasteiger partial charge < -0.3 is 20.5 Å². The van der Waals surface area contributed by atoms with Crippen molar-refractivity contribution < 1.29 is 24.2 Å². The molecule has 0 unspecified atom stereocenters. The van der Waals surface area contributed by atoms with Gasteiger partial charge >= 0.3 is 5.97 Å². The fraction of sp³-hybridized carbons (Fsp3) is 0.400. The minimum absolute atomic E-state index is 0.130. The molecule has 3 N–H and O–H groups in total. The molecule has 0 aromatic heterocycles. The lowest BCUT2D eigenvalue weighted by Gasteiger charge is -2.16. The molecule has 7 heteroatoms. The van der Waals surface area contributed by atoms with Crippen molar-refractivity contribution in [2.45, 2.75) is 12.8 Å². The summed E-state index contributed by atoms with van der Waals surface area (Å²) in [5.74, 6) is -1.55. The average Bonchev–Trinajstić information content (AvgIpc) is 2.97. The van der Waals surface area contributed by atoms with E-state index in [2.05, 4.69) is 0 Å². The lowest BCUT2D eigenvalue weighted by Crippen LogP contribution is -2.30. The number of rotatable bonds is 6. The Kier molecular flexibility index (Phi) is 4.98. The van der Waals surface area contributed by atoms with Crippen LogP contribution in [-0.2, 0) is 9.59 Å². The first-order valence-corrected chi connectivity index (χ1v) is 7.00. The summed E-state index contributed by atoms with van der Waals surface area (Å²) in [7, 11) is 0. The zero-order valence-corrected chi connectivity index (χ0v) is 12.0. The lowest BCUT2D eigenvalue weighted by molar-refractivity contribution is -0.141. The maximum atomic E-state index is 12.0. The molecule has 1 aliphatic heterocycles. The van der Waals surface area contributed by atoms with Crippen molar-refractivity contribution in [3.63, 3.8) is 0 Å². The van der Waals surface area contributed by atoms with Crippen LogP contribution in [0.1, 0.15) is 23.2 Å². The minimum atomic E-state index is -0.866. The van der Waals surface area contributed by atoms with Crippen molar-refractivity contribution in [3.8, 4) is 5.75 Å². The third-order valence-corrected chi connectivity index (χ3v) is 3.59. The van der Waals surface area contributed by atoms with Crippen molar-refractivity contribution in [1.82, 2.24) is 4.90 Å². The van der Waals surface area contributed by atoms with Crippen molar-refractivity contribution in [2.75, 3.05) is 19.7 Å². The third-order valence-electron chi connectivity index (χ3n) is 3.59. The van der Waals surface area contributed by atoms with Crippen LogP contribution in [-0.4, -0.2) is 47.5 Å². The number of nitrogens with two attached hydrogens (primary N) is 1. The maximum Gasteiger partial charge on any atom is 0.308 e. The highest BCUT2D eigenvalue weighted by molar-refractivity contribution is 5.93. The summed E-state index contributed by atoms with van der Waals surface area (Å²) in [5.41, 5.74) is 5.52. The second-order valence-electron chi connectivity index (χ2n) is 5.15. The second-order valence-corrected chi connectivity index (χ2v) is 5.15. The number of carboxylic acids is 1. The van der Waals surface area contributed by atoms with Gasteiger partial charge in [0.15, 0.2) is 0 Å². The first-order chi connectivity index (χ1) is 10.5. The van der Waals surface area contributed by atoms with Gasteiger partial charge in [0, 0.05) is 18.7 Å². The van der Waals surface area contributed by atoms with Crippen LogP contribution in [0.3, 0.4) is 0 Å². The molecule has 1 heterocycles. The van der Waals surface area contributed by atoms with Crippen molar-refractivity contribution >= 4 is 17.8 Å². The predicted octanol–water partition coefficient (Wildman–Crippen LogP) is 0.487. The number of aliphatic carboxylic acids is 1. The Morgan fingerprint density at radius 2 is 2.14 bits per heavy atom. The van der Waals surface area contributed by atoms with E-state index in [0.717, 1.165) is 0 Å².